The molecule has 3 rings (SSSR count). The summed E-state index contributed by atoms with van der Waals surface area (Å²) in [5, 5.41) is 9.33. The van der Waals surface area contributed by atoms with Crippen LogP contribution in [-0.2, 0) is 10.0 Å². The van der Waals surface area contributed by atoms with Gasteiger partial charge in [0.25, 0.3) is 0 Å². The van der Waals surface area contributed by atoms with Crippen LogP contribution < -0.4 is 10.6 Å². The van der Waals surface area contributed by atoms with Crippen molar-refractivity contribution >= 4 is 44.8 Å². The SMILES string of the molecule is CC1CN(C(=N)N)c2ccc3c(S(=O)(=O)N(C)C)cccc3c21.Cl. The van der Waals surface area contributed by atoms with Crippen molar-refractivity contribution in [3.63, 3.8) is 0 Å². The van der Waals surface area contributed by atoms with Crippen LogP contribution in [0.2, 0.25) is 0 Å². The van der Waals surface area contributed by atoms with Crippen LogP contribution in [0.4, 0.5) is 5.69 Å². The zero-order valence-electron chi connectivity index (χ0n) is 13.8. The lowest BCUT2D eigenvalue weighted by molar-refractivity contribution is 0.521. The average molecular weight is 369 g/mol. The first kappa shape index (κ1) is 18.5. The number of hydrogen-bond acceptors (Lipinski definition) is 3. The molecule has 0 fully saturated rings. The van der Waals surface area contributed by atoms with Crippen LogP contribution >= 0.6 is 12.4 Å². The fourth-order valence-corrected chi connectivity index (χ4v) is 4.31. The summed E-state index contributed by atoms with van der Waals surface area (Å²) in [6.07, 6.45) is 0. The highest BCUT2D eigenvalue weighted by Gasteiger charge is 2.30. The molecule has 1 aliphatic rings. The molecule has 1 atom stereocenters. The first-order valence-corrected chi connectivity index (χ1v) is 8.79. The highest BCUT2D eigenvalue weighted by Crippen LogP contribution is 2.42. The molecule has 0 bridgehead atoms. The third kappa shape index (κ3) is 2.62. The molecular formula is C16H21ClN4O2S. The maximum absolute atomic E-state index is 12.6. The van der Waals surface area contributed by atoms with E-state index in [2.05, 4.69) is 6.92 Å². The number of benzene rings is 2. The highest BCUT2D eigenvalue weighted by atomic mass is 35.5. The molecule has 24 heavy (non-hydrogen) atoms. The Morgan fingerprint density at radius 3 is 2.50 bits per heavy atom. The van der Waals surface area contributed by atoms with Crippen molar-refractivity contribution in [1.29, 1.82) is 5.41 Å². The molecule has 2 aromatic rings. The lowest BCUT2D eigenvalue weighted by Crippen LogP contribution is -2.35. The molecule has 0 saturated heterocycles. The number of nitrogens with two attached hydrogens (primary N) is 1. The van der Waals surface area contributed by atoms with E-state index in [0.29, 0.717) is 16.8 Å². The predicted molar refractivity (Wildman–Crippen MR) is 99.7 cm³/mol. The van der Waals surface area contributed by atoms with E-state index in [4.69, 9.17) is 11.1 Å². The molecule has 0 radical (unpaired) electrons. The number of anilines is 1. The third-order valence-electron chi connectivity index (χ3n) is 4.33. The molecule has 0 aromatic heterocycles. The van der Waals surface area contributed by atoms with Crippen molar-refractivity contribution in [3.8, 4) is 0 Å². The van der Waals surface area contributed by atoms with Crippen LogP contribution in [0.15, 0.2) is 35.2 Å². The van der Waals surface area contributed by atoms with Crippen LogP contribution in [-0.4, -0.2) is 39.3 Å². The van der Waals surface area contributed by atoms with Crippen molar-refractivity contribution in [2.75, 3.05) is 25.5 Å². The molecule has 2 aromatic carbocycles. The van der Waals surface area contributed by atoms with Crippen LogP contribution in [0.5, 0.6) is 0 Å². The molecule has 0 spiro atoms. The summed E-state index contributed by atoms with van der Waals surface area (Å²) in [4.78, 5) is 2.06. The van der Waals surface area contributed by atoms with E-state index >= 15 is 0 Å². The largest absolute Gasteiger partial charge is 0.370 e. The van der Waals surface area contributed by atoms with Crippen molar-refractivity contribution in [2.45, 2.75) is 17.7 Å². The van der Waals surface area contributed by atoms with Gasteiger partial charge in [0.1, 0.15) is 0 Å². The number of nitrogens with one attached hydrogen (secondary N) is 1. The molecule has 0 aliphatic carbocycles. The number of hydrogen-bond donors (Lipinski definition) is 2. The van der Waals surface area contributed by atoms with Crippen molar-refractivity contribution in [3.05, 3.63) is 35.9 Å². The fourth-order valence-electron chi connectivity index (χ4n) is 3.21. The van der Waals surface area contributed by atoms with Crippen LogP contribution in [0.1, 0.15) is 18.4 Å². The Kier molecular flexibility index (Phi) is 4.81. The first-order valence-electron chi connectivity index (χ1n) is 7.35. The smallest absolute Gasteiger partial charge is 0.243 e. The number of fused-ring (bicyclic) bond motifs is 3. The Morgan fingerprint density at radius 1 is 1.25 bits per heavy atom. The quantitative estimate of drug-likeness (QED) is 0.628. The van der Waals surface area contributed by atoms with Crippen LogP contribution in [0, 0.1) is 5.41 Å². The summed E-state index contributed by atoms with van der Waals surface area (Å²) in [5.74, 6) is 0.182. The summed E-state index contributed by atoms with van der Waals surface area (Å²) in [7, 11) is -0.457. The summed E-state index contributed by atoms with van der Waals surface area (Å²) in [6.45, 7) is 2.70. The normalized spacial score (nSPS) is 17.0. The second kappa shape index (κ2) is 6.23. The van der Waals surface area contributed by atoms with Gasteiger partial charge in [0.05, 0.1) is 4.90 Å². The molecule has 1 unspecified atom stereocenters. The van der Waals surface area contributed by atoms with Gasteiger partial charge in [0, 0.05) is 37.6 Å². The van der Waals surface area contributed by atoms with Crippen LogP contribution in [0.3, 0.4) is 0 Å². The monoisotopic (exact) mass is 368 g/mol. The summed E-state index contributed by atoms with van der Waals surface area (Å²) in [6, 6.07) is 8.99. The Labute approximate surface area is 148 Å². The highest BCUT2D eigenvalue weighted by molar-refractivity contribution is 7.89. The number of rotatable bonds is 2. The van der Waals surface area contributed by atoms with Crippen molar-refractivity contribution in [2.24, 2.45) is 5.73 Å². The second-order valence-electron chi connectivity index (χ2n) is 6.03. The molecule has 1 heterocycles. The fraction of sp³-hybridized carbons (Fsp3) is 0.312. The Hall–Kier alpha value is -1.83. The minimum absolute atomic E-state index is 0. The summed E-state index contributed by atoms with van der Waals surface area (Å²) >= 11 is 0. The molecular weight excluding hydrogens is 348 g/mol. The summed E-state index contributed by atoms with van der Waals surface area (Å²) in [5.41, 5.74) is 7.60. The Balaban J connectivity index is 0.00000208. The minimum Gasteiger partial charge on any atom is -0.370 e. The average Bonchev–Trinajstić information content (AvgIpc) is 2.84. The van der Waals surface area contributed by atoms with Gasteiger partial charge in [0.2, 0.25) is 10.0 Å². The number of halogens is 1. The van der Waals surface area contributed by atoms with Gasteiger partial charge in [-0.1, -0.05) is 25.1 Å². The van der Waals surface area contributed by atoms with E-state index in [9.17, 15) is 8.42 Å². The predicted octanol–water partition coefficient (Wildman–Crippen LogP) is 2.33. The molecule has 8 heteroatoms. The van der Waals surface area contributed by atoms with Gasteiger partial charge < -0.3 is 10.6 Å². The maximum Gasteiger partial charge on any atom is 0.243 e. The number of sulfonamides is 1. The summed E-state index contributed by atoms with van der Waals surface area (Å²) < 4.78 is 26.3. The molecule has 1 aliphatic heterocycles. The zero-order valence-corrected chi connectivity index (χ0v) is 15.4. The lowest BCUT2D eigenvalue weighted by atomic mass is 9.96. The standard InChI is InChI=1S/C16H20N4O2S.ClH/c1-10-9-20(16(17)18)13-8-7-11-12(15(10)13)5-4-6-14(11)23(21,22)19(2)3;/h4-8,10H,9H2,1-3H3,(H3,17,18);1H. The van der Waals surface area contributed by atoms with E-state index in [1.54, 1.807) is 23.1 Å². The molecule has 0 amide bonds. The van der Waals surface area contributed by atoms with Gasteiger partial charge in [0.15, 0.2) is 5.96 Å². The zero-order chi connectivity index (χ0) is 16.9. The second-order valence-corrected chi connectivity index (χ2v) is 8.15. The molecule has 0 saturated carbocycles. The first-order chi connectivity index (χ1) is 10.7. The number of guanidine groups is 1. The number of nitrogens with zero attached hydrogens (tertiary/aromatic N) is 2. The van der Waals surface area contributed by atoms with Gasteiger partial charge in [-0.15, -0.1) is 12.4 Å². The molecule has 130 valence electrons. The van der Waals surface area contributed by atoms with Crippen molar-refractivity contribution in [1.82, 2.24) is 4.31 Å². The van der Waals surface area contributed by atoms with Gasteiger partial charge in [-0.05, 0) is 23.1 Å². The topological polar surface area (TPSA) is 90.5 Å². The van der Waals surface area contributed by atoms with E-state index in [0.717, 1.165) is 16.6 Å². The third-order valence-corrected chi connectivity index (χ3v) is 6.20. The van der Waals surface area contributed by atoms with Gasteiger partial charge in [-0.3, -0.25) is 5.41 Å². The Bertz CT molecular complexity index is 912. The Morgan fingerprint density at radius 2 is 1.92 bits per heavy atom. The van der Waals surface area contributed by atoms with E-state index in [-0.39, 0.29) is 24.3 Å². The van der Waals surface area contributed by atoms with Crippen LogP contribution in [0.25, 0.3) is 10.8 Å². The lowest BCUT2D eigenvalue weighted by Gasteiger charge is -2.18. The van der Waals surface area contributed by atoms with Gasteiger partial charge >= 0.3 is 0 Å². The van der Waals surface area contributed by atoms with Gasteiger partial charge in [-0.2, -0.15) is 0 Å². The van der Waals surface area contributed by atoms with E-state index < -0.39 is 10.0 Å². The van der Waals surface area contributed by atoms with E-state index in [1.807, 2.05) is 12.1 Å². The minimum atomic E-state index is -3.52. The maximum atomic E-state index is 12.6. The van der Waals surface area contributed by atoms with Crippen molar-refractivity contribution < 1.29 is 8.42 Å². The molecule has 3 N–H and O–H groups in total. The van der Waals surface area contributed by atoms with E-state index in [1.165, 1.54) is 18.4 Å². The molecule has 6 nitrogen and oxygen atoms in total. The van der Waals surface area contributed by atoms with Gasteiger partial charge in [-0.25, -0.2) is 12.7 Å².